The highest BCUT2D eigenvalue weighted by molar-refractivity contribution is 5.73. The summed E-state index contributed by atoms with van der Waals surface area (Å²) in [6.45, 7) is 5.57. The first-order valence-electron chi connectivity index (χ1n) is 14.8. The van der Waals surface area contributed by atoms with E-state index in [0.717, 1.165) is 44.4 Å². The average molecular weight is 472 g/mol. The van der Waals surface area contributed by atoms with Gasteiger partial charge < -0.3 is 10.1 Å². The van der Waals surface area contributed by atoms with Crippen molar-refractivity contribution in [2.24, 2.45) is 0 Å². The summed E-state index contributed by atoms with van der Waals surface area (Å²) in [6.07, 6.45) is 25.0. The van der Waals surface area contributed by atoms with Crippen LogP contribution in [0.5, 0.6) is 5.75 Å². The zero-order valence-electron chi connectivity index (χ0n) is 22.5. The molecule has 3 nitrogen and oxygen atoms in total. The Bertz CT molecular complexity index is 657. The van der Waals surface area contributed by atoms with Crippen molar-refractivity contribution in [3.63, 3.8) is 0 Å². The zero-order valence-corrected chi connectivity index (χ0v) is 22.5. The van der Waals surface area contributed by atoms with Crippen LogP contribution < -0.4 is 10.1 Å². The van der Waals surface area contributed by atoms with E-state index in [1.807, 2.05) is 12.1 Å². The lowest BCUT2D eigenvalue weighted by Gasteiger charge is -2.26. The molecule has 0 radical (unpaired) electrons. The van der Waals surface area contributed by atoms with Crippen molar-refractivity contribution in [2.75, 3.05) is 6.54 Å². The lowest BCUT2D eigenvalue weighted by atomic mass is 9.87. The van der Waals surface area contributed by atoms with Crippen molar-refractivity contribution >= 4 is 5.97 Å². The van der Waals surface area contributed by atoms with Crippen LogP contribution >= 0.6 is 0 Å². The van der Waals surface area contributed by atoms with Gasteiger partial charge in [-0.05, 0) is 55.8 Å². The maximum absolute atomic E-state index is 12.4. The van der Waals surface area contributed by atoms with Crippen LogP contribution in [0.3, 0.4) is 0 Å². The minimum absolute atomic E-state index is 0.0608. The first kappa shape index (κ1) is 28.9. The number of unbranched alkanes of at least 4 members (excludes halogenated alkanes) is 14. The minimum atomic E-state index is -0.0608. The Hall–Kier alpha value is -1.35. The van der Waals surface area contributed by atoms with Crippen LogP contribution in [0.25, 0.3) is 0 Å². The molecule has 1 atom stereocenters. The van der Waals surface area contributed by atoms with Crippen LogP contribution in [0, 0.1) is 0 Å². The van der Waals surface area contributed by atoms with Gasteiger partial charge >= 0.3 is 5.97 Å². The molecule has 194 valence electrons. The molecule has 3 heteroatoms. The molecular formula is C31H53NO2. The molecule has 0 saturated heterocycles. The standard InChI is InChI=1S/C31H53NO2/c1-3-5-6-7-8-9-10-11-12-13-14-15-16-17-18-22-31(33)34-30-21-19-20-27-26-28(32-25-4-2)23-24-29(27)30/h19-21,28,32H,3-18,22-26H2,1-2H3. The fourth-order valence-corrected chi connectivity index (χ4v) is 5.20. The highest BCUT2D eigenvalue weighted by Gasteiger charge is 2.21. The number of carbonyl (C=O) groups is 1. The van der Waals surface area contributed by atoms with E-state index in [2.05, 4.69) is 25.2 Å². The van der Waals surface area contributed by atoms with E-state index in [0.29, 0.717) is 12.5 Å². The minimum Gasteiger partial charge on any atom is -0.426 e. The molecule has 1 aliphatic rings. The molecule has 0 spiro atoms. The monoisotopic (exact) mass is 471 g/mol. The molecular weight excluding hydrogens is 418 g/mol. The van der Waals surface area contributed by atoms with Gasteiger partial charge in [-0.3, -0.25) is 4.79 Å². The third-order valence-corrected chi connectivity index (χ3v) is 7.33. The Kier molecular flexibility index (Phi) is 16.1. The van der Waals surface area contributed by atoms with Crippen LogP contribution in [0.1, 0.15) is 141 Å². The van der Waals surface area contributed by atoms with Gasteiger partial charge in [0.05, 0.1) is 0 Å². The van der Waals surface area contributed by atoms with Crippen LogP contribution in [-0.2, 0) is 17.6 Å². The first-order chi connectivity index (χ1) is 16.7. The molecule has 2 rings (SSSR count). The summed E-state index contributed by atoms with van der Waals surface area (Å²) in [5.74, 6) is 0.742. The van der Waals surface area contributed by atoms with E-state index in [-0.39, 0.29) is 5.97 Å². The summed E-state index contributed by atoms with van der Waals surface area (Å²) < 4.78 is 5.79. The first-order valence-corrected chi connectivity index (χ1v) is 14.8. The van der Waals surface area contributed by atoms with Gasteiger partial charge in [-0.15, -0.1) is 0 Å². The lowest BCUT2D eigenvalue weighted by Crippen LogP contribution is -2.35. The number of nitrogens with one attached hydrogen (secondary N) is 1. The average Bonchev–Trinajstić information content (AvgIpc) is 2.85. The topological polar surface area (TPSA) is 38.3 Å². The highest BCUT2D eigenvalue weighted by atomic mass is 16.5. The molecule has 0 heterocycles. The quantitative estimate of drug-likeness (QED) is 0.117. The zero-order chi connectivity index (χ0) is 24.3. The summed E-state index contributed by atoms with van der Waals surface area (Å²) in [4.78, 5) is 12.4. The van der Waals surface area contributed by atoms with E-state index < -0.39 is 0 Å². The second-order valence-corrected chi connectivity index (χ2v) is 10.5. The molecule has 0 aliphatic heterocycles. The lowest BCUT2D eigenvalue weighted by molar-refractivity contribution is -0.134. The molecule has 0 bridgehead atoms. The summed E-state index contributed by atoms with van der Waals surface area (Å²) in [7, 11) is 0. The summed E-state index contributed by atoms with van der Waals surface area (Å²) in [5, 5.41) is 3.64. The van der Waals surface area contributed by atoms with Crippen LogP contribution in [0.2, 0.25) is 0 Å². The molecule has 0 aromatic heterocycles. The smallest absolute Gasteiger partial charge is 0.311 e. The molecule has 0 amide bonds. The third-order valence-electron chi connectivity index (χ3n) is 7.33. The molecule has 1 unspecified atom stereocenters. The molecule has 1 aromatic rings. The molecule has 0 fully saturated rings. The van der Waals surface area contributed by atoms with Gasteiger partial charge in [0.15, 0.2) is 0 Å². The summed E-state index contributed by atoms with van der Waals surface area (Å²) >= 11 is 0. The predicted molar refractivity (Wildman–Crippen MR) is 146 cm³/mol. The van der Waals surface area contributed by atoms with E-state index >= 15 is 0 Å². The Morgan fingerprint density at radius 2 is 1.41 bits per heavy atom. The van der Waals surface area contributed by atoms with Crippen molar-refractivity contribution in [1.29, 1.82) is 0 Å². The van der Waals surface area contributed by atoms with Crippen LogP contribution in [-0.4, -0.2) is 18.6 Å². The van der Waals surface area contributed by atoms with Gasteiger partial charge in [0.1, 0.15) is 5.75 Å². The van der Waals surface area contributed by atoms with Gasteiger partial charge in [-0.25, -0.2) is 0 Å². The Morgan fingerprint density at radius 3 is 2.00 bits per heavy atom. The van der Waals surface area contributed by atoms with Gasteiger partial charge in [0, 0.05) is 12.5 Å². The van der Waals surface area contributed by atoms with Crippen molar-refractivity contribution in [3.05, 3.63) is 29.3 Å². The van der Waals surface area contributed by atoms with E-state index in [1.54, 1.807) is 0 Å². The molecule has 1 aromatic carbocycles. The van der Waals surface area contributed by atoms with Crippen molar-refractivity contribution < 1.29 is 9.53 Å². The number of hydrogen-bond donors (Lipinski definition) is 1. The second kappa shape index (κ2) is 18.9. The largest absolute Gasteiger partial charge is 0.426 e. The molecule has 1 aliphatic carbocycles. The van der Waals surface area contributed by atoms with Crippen molar-refractivity contribution in [1.82, 2.24) is 5.32 Å². The number of fused-ring (bicyclic) bond motifs is 1. The SMILES string of the molecule is CCCCCCCCCCCCCCCCCC(=O)Oc1cccc2c1CCC(NCCC)C2. The van der Waals surface area contributed by atoms with Gasteiger partial charge in [-0.2, -0.15) is 0 Å². The predicted octanol–water partition coefficient (Wildman–Crippen LogP) is 8.71. The maximum Gasteiger partial charge on any atom is 0.311 e. The van der Waals surface area contributed by atoms with E-state index in [4.69, 9.17) is 4.74 Å². The van der Waals surface area contributed by atoms with Gasteiger partial charge in [0.25, 0.3) is 0 Å². The van der Waals surface area contributed by atoms with Crippen LogP contribution in [0.4, 0.5) is 0 Å². The molecule has 1 N–H and O–H groups in total. The number of rotatable bonds is 20. The fraction of sp³-hybridized carbons (Fsp3) is 0.774. The summed E-state index contributed by atoms with van der Waals surface area (Å²) in [5.41, 5.74) is 2.60. The Labute approximate surface area is 210 Å². The normalized spacial score (nSPS) is 15.3. The number of carbonyl (C=O) groups excluding carboxylic acids is 1. The number of benzene rings is 1. The molecule has 34 heavy (non-hydrogen) atoms. The Balaban J connectivity index is 1.47. The van der Waals surface area contributed by atoms with Gasteiger partial charge in [0.2, 0.25) is 0 Å². The number of esters is 1. The van der Waals surface area contributed by atoms with Gasteiger partial charge in [-0.1, -0.05) is 116 Å². The van der Waals surface area contributed by atoms with Crippen LogP contribution in [0.15, 0.2) is 18.2 Å². The molecule has 0 saturated carbocycles. The summed E-state index contributed by atoms with van der Waals surface area (Å²) in [6, 6.07) is 6.76. The van der Waals surface area contributed by atoms with E-state index in [1.165, 1.54) is 101 Å². The fourth-order valence-electron chi connectivity index (χ4n) is 5.20. The highest BCUT2D eigenvalue weighted by Crippen LogP contribution is 2.30. The van der Waals surface area contributed by atoms with Crippen molar-refractivity contribution in [3.8, 4) is 5.75 Å². The second-order valence-electron chi connectivity index (χ2n) is 10.5. The Morgan fingerprint density at radius 1 is 0.824 bits per heavy atom. The third kappa shape index (κ3) is 12.4. The van der Waals surface area contributed by atoms with Crippen molar-refractivity contribution in [2.45, 2.75) is 148 Å². The maximum atomic E-state index is 12.4. The number of hydrogen-bond acceptors (Lipinski definition) is 3. The number of ether oxygens (including phenoxy) is 1. The van der Waals surface area contributed by atoms with E-state index in [9.17, 15) is 4.79 Å².